The molecule has 0 aliphatic carbocycles. The number of anilines is 1. The minimum Gasteiger partial charge on any atom is -0.391 e. The van der Waals surface area contributed by atoms with Crippen molar-refractivity contribution in [3.63, 3.8) is 0 Å². The highest BCUT2D eigenvalue weighted by Gasteiger charge is 2.17. The predicted molar refractivity (Wildman–Crippen MR) is 69.2 cm³/mol. The second kappa shape index (κ2) is 4.81. The Bertz CT molecular complexity index is 543. The van der Waals surface area contributed by atoms with Gasteiger partial charge in [-0.1, -0.05) is 0 Å². The van der Waals surface area contributed by atoms with E-state index in [2.05, 4.69) is 10.1 Å². The summed E-state index contributed by atoms with van der Waals surface area (Å²) >= 11 is 0. The first-order chi connectivity index (χ1) is 8.54. The van der Waals surface area contributed by atoms with E-state index in [1.165, 1.54) is 0 Å². The first-order valence-corrected chi connectivity index (χ1v) is 5.85. The number of hydrogen-bond donors (Lipinski definition) is 1. The summed E-state index contributed by atoms with van der Waals surface area (Å²) in [7, 11) is 5.83. The van der Waals surface area contributed by atoms with Gasteiger partial charge in [-0.15, -0.1) is 0 Å². The highest BCUT2D eigenvalue weighted by molar-refractivity contribution is 5.49. The zero-order valence-corrected chi connectivity index (χ0v) is 11.3. The van der Waals surface area contributed by atoms with Crippen LogP contribution in [-0.4, -0.2) is 31.5 Å². The summed E-state index contributed by atoms with van der Waals surface area (Å²) < 4.78 is 3.78. The summed E-state index contributed by atoms with van der Waals surface area (Å²) in [6.45, 7) is 2.58. The first-order valence-electron chi connectivity index (χ1n) is 5.85. The molecular formula is C12H19N5O. The van der Waals surface area contributed by atoms with Crippen LogP contribution in [0.3, 0.4) is 0 Å². The minimum atomic E-state index is -0.0000872. The lowest BCUT2D eigenvalue weighted by Crippen LogP contribution is -2.22. The van der Waals surface area contributed by atoms with E-state index < -0.39 is 0 Å². The molecule has 0 aliphatic rings. The van der Waals surface area contributed by atoms with Gasteiger partial charge in [0.15, 0.2) is 0 Å². The fraction of sp³-hybridized carbons (Fsp3) is 0.500. The fourth-order valence-corrected chi connectivity index (χ4v) is 2.19. The average Bonchev–Trinajstić information content (AvgIpc) is 2.82. The van der Waals surface area contributed by atoms with Crippen LogP contribution in [0.1, 0.15) is 17.1 Å². The molecule has 0 spiro atoms. The van der Waals surface area contributed by atoms with Gasteiger partial charge in [0, 0.05) is 39.1 Å². The maximum atomic E-state index is 9.44. The molecule has 0 amide bonds. The van der Waals surface area contributed by atoms with Gasteiger partial charge in [0.25, 0.3) is 0 Å². The van der Waals surface area contributed by atoms with Gasteiger partial charge in [-0.05, 0) is 6.92 Å². The quantitative estimate of drug-likeness (QED) is 0.861. The minimum absolute atomic E-state index is 0.0000872. The number of rotatable bonds is 4. The van der Waals surface area contributed by atoms with Gasteiger partial charge in [0.2, 0.25) is 0 Å². The Hall–Kier alpha value is -1.82. The number of hydrogen-bond acceptors (Lipinski definition) is 4. The van der Waals surface area contributed by atoms with Crippen LogP contribution in [0.2, 0.25) is 0 Å². The Balaban J connectivity index is 2.29. The van der Waals surface area contributed by atoms with E-state index in [1.54, 1.807) is 10.9 Å². The van der Waals surface area contributed by atoms with Gasteiger partial charge in [0.05, 0.1) is 18.8 Å². The van der Waals surface area contributed by atoms with Gasteiger partial charge in [0.1, 0.15) is 11.6 Å². The summed E-state index contributed by atoms with van der Waals surface area (Å²) in [6, 6.07) is 0. The Morgan fingerprint density at radius 1 is 1.39 bits per heavy atom. The van der Waals surface area contributed by atoms with Crippen LogP contribution < -0.4 is 4.90 Å². The lowest BCUT2D eigenvalue weighted by molar-refractivity contribution is 0.281. The topological polar surface area (TPSA) is 59.1 Å². The van der Waals surface area contributed by atoms with Crippen LogP contribution in [0.5, 0.6) is 0 Å². The Kier molecular flexibility index (Phi) is 3.38. The molecule has 2 aromatic heterocycles. The molecular weight excluding hydrogens is 230 g/mol. The predicted octanol–water partition coefficient (Wildman–Crippen LogP) is 0.591. The number of aliphatic hydroxyl groups is 1. The van der Waals surface area contributed by atoms with Gasteiger partial charge < -0.3 is 14.6 Å². The largest absolute Gasteiger partial charge is 0.391 e. The molecule has 2 heterocycles. The van der Waals surface area contributed by atoms with Crippen molar-refractivity contribution in [2.45, 2.75) is 20.1 Å². The fourth-order valence-electron chi connectivity index (χ4n) is 2.19. The molecule has 18 heavy (non-hydrogen) atoms. The van der Waals surface area contributed by atoms with Gasteiger partial charge >= 0.3 is 0 Å². The van der Waals surface area contributed by atoms with E-state index in [0.29, 0.717) is 6.54 Å². The van der Waals surface area contributed by atoms with Crippen LogP contribution in [0.15, 0.2) is 12.4 Å². The maximum Gasteiger partial charge on any atom is 0.132 e. The third-order valence-electron chi connectivity index (χ3n) is 3.13. The van der Waals surface area contributed by atoms with E-state index in [-0.39, 0.29) is 6.61 Å². The standard InChI is InChI=1S/C12H19N5O/c1-9-10(8-18)12(17(4)14-9)16(3)7-11-13-5-6-15(11)2/h5-6,18H,7-8H2,1-4H3. The van der Waals surface area contributed by atoms with Crippen LogP contribution >= 0.6 is 0 Å². The number of aryl methyl sites for hydroxylation is 3. The third kappa shape index (κ3) is 2.11. The third-order valence-corrected chi connectivity index (χ3v) is 3.13. The Morgan fingerprint density at radius 3 is 2.67 bits per heavy atom. The highest BCUT2D eigenvalue weighted by Crippen LogP contribution is 2.23. The molecule has 2 rings (SSSR count). The monoisotopic (exact) mass is 249 g/mol. The average molecular weight is 249 g/mol. The zero-order chi connectivity index (χ0) is 13.3. The number of aromatic nitrogens is 4. The normalized spacial score (nSPS) is 10.9. The molecule has 0 saturated heterocycles. The summed E-state index contributed by atoms with van der Waals surface area (Å²) in [6.07, 6.45) is 3.70. The second-order valence-electron chi connectivity index (χ2n) is 4.48. The highest BCUT2D eigenvalue weighted by atomic mass is 16.3. The van der Waals surface area contributed by atoms with E-state index in [0.717, 1.165) is 22.9 Å². The second-order valence-corrected chi connectivity index (χ2v) is 4.48. The number of imidazole rings is 1. The molecule has 0 saturated carbocycles. The Morgan fingerprint density at radius 2 is 2.11 bits per heavy atom. The van der Waals surface area contributed by atoms with Crippen molar-refractivity contribution in [3.05, 3.63) is 29.5 Å². The van der Waals surface area contributed by atoms with Crippen LogP contribution in [-0.2, 0) is 27.2 Å². The van der Waals surface area contributed by atoms with Crippen LogP contribution in [0, 0.1) is 6.92 Å². The molecule has 1 N–H and O–H groups in total. The van der Waals surface area contributed by atoms with Gasteiger partial charge in [-0.2, -0.15) is 5.10 Å². The molecule has 6 heteroatoms. The van der Waals surface area contributed by atoms with E-state index >= 15 is 0 Å². The molecule has 0 radical (unpaired) electrons. The first kappa shape index (κ1) is 12.6. The van der Waals surface area contributed by atoms with Crippen molar-refractivity contribution in [1.29, 1.82) is 0 Å². The molecule has 0 aliphatic heterocycles. The van der Waals surface area contributed by atoms with Crippen LogP contribution in [0.4, 0.5) is 5.82 Å². The molecule has 98 valence electrons. The van der Waals surface area contributed by atoms with Crippen molar-refractivity contribution in [2.24, 2.45) is 14.1 Å². The molecule has 6 nitrogen and oxygen atoms in total. The molecule has 2 aromatic rings. The van der Waals surface area contributed by atoms with Crippen molar-refractivity contribution < 1.29 is 5.11 Å². The molecule has 0 unspecified atom stereocenters. The number of aliphatic hydroxyl groups excluding tert-OH is 1. The maximum absolute atomic E-state index is 9.44. The summed E-state index contributed by atoms with van der Waals surface area (Å²) in [5.41, 5.74) is 1.73. The van der Waals surface area contributed by atoms with Crippen molar-refractivity contribution in [2.75, 3.05) is 11.9 Å². The number of nitrogens with zero attached hydrogens (tertiary/aromatic N) is 5. The SMILES string of the molecule is Cc1nn(C)c(N(C)Cc2nccn2C)c1CO. The van der Waals surface area contributed by atoms with E-state index in [4.69, 9.17) is 0 Å². The molecule has 0 aromatic carbocycles. The van der Waals surface area contributed by atoms with Crippen molar-refractivity contribution >= 4 is 5.82 Å². The zero-order valence-electron chi connectivity index (χ0n) is 11.3. The van der Waals surface area contributed by atoms with E-state index in [9.17, 15) is 5.11 Å². The Labute approximate surface area is 106 Å². The lowest BCUT2D eigenvalue weighted by atomic mass is 10.2. The van der Waals surface area contributed by atoms with Crippen LogP contribution in [0.25, 0.3) is 0 Å². The summed E-state index contributed by atoms with van der Waals surface area (Å²) in [5.74, 6) is 1.90. The van der Waals surface area contributed by atoms with Gasteiger partial charge in [-0.3, -0.25) is 4.68 Å². The molecule has 0 atom stereocenters. The smallest absolute Gasteiger partial charge is 0.132 e. The molecule has 0 fully saturated rings. The summed E-state index contributed by atoms with van der Waals surface area (Å²) in [5, 5.41) is 13.8. The van der Waals surface area contributed by atoms with Gasteiger partial charge in [-0.25, -0.2) is 4.98 Å². The van der Waals surface area contributed by atoms with Crippen molar-refractivity contribution in [3.8, 4) is 0 Å². The van der Waals surface area contributed by atoms with E-state index in [1.807, 2.05) is 43.7 Å². The summed E-state index contributed by atoms with van der Waals surface area (Å²) in [4.78, 5) is 6.35. The lowest BCUT2D eigenvalue weighted by Gasteiger charge is -2.20. The molecule has 0 bridgehead atoms. The van der Waals surface area contributed by atoms with Crippen molar-refractivity contribution in [1.82, 2.24) is 19.3 Å².